The number of hydrogen-bond acceptors (Lipinski definition) is 2. The van der Waals surface area contributed by atoms with E-state index in [4.69, 9.17) is 4.74 Å². The normalized spacial score (nSPS) is 13.0. The molecule has 0 bridgehead atoms. The minimum absolute atomic E-state index is 0.945. The van der Waals surface area contributed by atoms with Crippen LogP contribution in [0.2, 0.25) is 0 Å². The predicted molar refractivity (Wildman–Crippen MR) is 75.4 cm³/mol. The first-order chi connectivity index (χ1) is 8.79. The quantitative estimate of drug-likeness (QED) is 0.864. The molecule has 0 radical (unpaired) electrons. The number of anilines is 1. The van der Waals surface area contributed by atoms with Crippen molar-refractivity contribution >= 4 is 5.69 Å². The number of fused-ring (bicyclic) bond motifs is 1. The van der Waals surface area contributed by atoms with E-state index >= 15 is 0 Å². The molecular weight excluding hydrogens is 222 g/mol. The second-order valence-corrected chi connectivity index (χ2v) is 4.71. The average molecular weight is 239 g/mol. The third-order valence-corrected chi connectivity index (χ3v) is 3.51. The maximum Gasteiger partial charge on any atom is 0.126 e. The van der Waals surface area contributed by atoms with Crippen molar-refractivity contribution in [2.75, 3.05) is 19.0 Å². The fraction of sp³-hybridized carbons (Fsp3) is 0.250. The van der Waals surface area contributed by atoms with Crippen molar-refractivity contribution in [1.82, 2.24) is 0 Å². The lowest BCUT2D eigenvalue weighted by Crippen LogP contribution is -1.92. The molecule has 0 aromatic heterocycles. The van der Waals surface area contributed by atoms with Gasteiger partial charge in [0.25, 0.3) is 0 Å². The van der Waals surface area contributed by atoms with Crippen LogP contribution in [-0.2, 0) is 6.42 Å². The molecule has 0 aliphatic carbocycles. The van der Waals surface area contributed by atoms with Crippen LogP contribution in [0, 0.1) is 6.92 Å². The van der Waals surface area contributed by atoms with Gasteiger partial charge in [-0.25, -0.2) is 0 Å². The summed E-state index contributed by atoms with van der Waals surface area (Å²) in [4.78, 5) is 0. The third-order valence-electron chi connectivity index (χ3n) is 3.51. The van der Waals surface area contributed by atoms with Crippen LogP contribution in [0.1, 0.15) is 11.1 Å². The standard InChI is InChI=1S/C16H17NO/c1-11-6-7-16(18-2)14(10-11)12-4-3-5-15-13(12)8-9-17-15/h3-7,10,17H,8-9H2,1-2H3. The smallest absolute Gasteiger partial charge is 0.126 e. The number of ether oxygens (including phenoxy) is 1. The second-order valence-electron chi connectivity index (χ2n) is 4.71. The maximum absolute atomic E-state index is 5.49. The first kappa shape index (κ1) is 11.1. The summed E-state index contributed by atoms with van der Waals surface area (Å²) in [6.07, 6.45) is 1.09. The Kier molecular flexibility index (Phi) is 2.71. The molecule has 1 aliphatic rings. The molecule has 0 amide bonds. The topological polar surface area (TPSA) is 21.3 Å². The first-order valence-corrected chi connectivity index (χ1v) is 6.30. The van der Waals surface area contributed by atoms with Gasteiger partial charge in [-0.2, -0.15) is 0 Å². The number of nitrogens with one attached hydrogen (secondary N) is 1. The molecule has 1 heterocycles. The highest BCUT2D eigenvalue weighted by atomic mass is 16.5. The van der Waals surface area contributed by atoms with Crippen LogP contribution in [0.5, 0.6) is 5.75 Å². The highest BCUT2D eigenvalue weighted by Crippen LogP contribution is 2.37. The fourth-order valence-electron chi connectivity index (χ4n) is 2.63. The van der Waals surface area contributed by atoms with E-state index < -0.39 is 0 Å². The van der Waals surface area contributed by atoms with E-state index in [-0.39, 0.29) is 0 Å². The zero-order valence-corrected chi connectivity index (χ0v) is 10.8. The largest absolute Gasteiger partial charge is 0.496 e. The SMILES string of the molecule is COc1ccc(C)cc1-c1cccc2c1CCN2. The van der Waals surface area contributed by atoms with E-state index in [0.717, 1.165) is 18.7 Å². The molecule has 3 rings (SSSR count). The van der Waals surface area contributed by atoms with Crippen molar-refractivity contribution in [2.45, 2.75) is 13.3 Å². The highest BCUT2D eigenvalue weighted by molar-refractivity contribution is 5.79. The molecule has 0 atom stereocenters. The van der Waals surface area contributed by atoms with Crippen LogP contribution in [0.3, 0.4) is 0 Å². The summed E-state index contributed by atoms with van der Waals surface area (Å²) >= 11 is 0. The Morgan fingerprint density at radius 3 is 2.83 bits per heavy atom. The molecule has 0 unspecified atom stereocenters. The summed E-state index contributed by atoms with van der Waals surface area (Å²) in [5, 5.41) is 3.42. The summed E-state index contributed by atoms with van der Waals surface area (Å²) in [5.74, 6) is 0.945. The van der Waals surface area contributed by atoms with Gasteiger partial charge in [0.1, 0.15) is 5.75 Å². The van der Waals surface area contributed by atoms with Crippen molar-refractivity contribution in [3.8, 4) is 16.9 Å². The van der Waals surface area contributed by atoms with Crippen molar-refractivity contribution in [3.63, 3.8) is 0 Å². The van der Waals surface area contributed by atoms with Gasteiger partial charge in [0.15, 0.2) is 0 Å². The van der Waals surface area contributed by atoms with Gasteiger partial charge in [-0.3, -0.25) is 0 Å². The van der Waals surface area contributed by atoms with Gasteiger partial charge in [-0.15, -0.1) is 0 Å². The molecule has 0 spiro atoms. The van der Waals surface area contributed by atoms with E-state index in [1.54, 1.807) is 7.11 Å². The Morgan fingerprint density at radius 1 is 1.11 bits per heavy atom. The van der Waals surface area contributed by atoms with Gasteiger partial charge in [0, 0.05) is 17.8 Å². The van der Waals surface area contributed by atoms with Crippen molar-refractivity contribution in [3.05, 3.63) is 47.5 Å². The molecule has 92 valence electrons. The maximum atomic E-state index is 5.49. The molecule has 1 N–H and O–H groups in total. The van der Waals surface area contributed by atoms with Crippen LogP contribution >= 0.6 is 0 Å². The first-order valence-electron chi connectivity index (χ1n) is 6.30. The van der Waals surface area contributed by atoms with Crippen molar-refractivity contribution in [2.24, 2.45) is 0 Å². The molecule has 2 aromatic carbocycles. The predicted octanol–water partition coefficient (Wildman–Crippen LogP) is 3.64. The summed E-state index contributed by atoms with van der Waals surface area (Å²) in [7, 11) is 1.73. The van der Waals surface area contributed by atoms with Gasteiger partial charge in [0.2, 0.25) is 0 Å². The van der Waals surface area contributed by atoms with Gasteiger partial charge < -0.3 is 10.1 Å². The lowest BCUT2D eigenvalue weighted by molar-refractivity contribution is 0.416. The van der Waals surface area contributed by atoms with E-state index in [9.17, 15) is 0 Å². The Hall–Kier alpha value is -1.96. The van der Waals surface area contributed by atoms with Crippen LogP contribution in [-0.4, -0.2) is 13.7 Å². The van der Waals surface area contributed by atoms with Crippen molar-refractivity contribution in [1.29, 1.82) is 0 Å². The number of methoxy groups -OCH3 is 1. The zero-order chi connectivity index (χ0) is 12.5. The molecular formula is C16H17NO. The molecule has 0 fully saturated rings. The lowest BCUT2D eigenvalue weighted by atomic mass is 9.96. The Morgan fingerprint density at radius 2 is 2.00 bits per heavy atom. The lowest BCUT2D eigenvalue weighted by Gasteiger charge is -2.13. The van der Waals surface area contributed by atoms with Crippen LogP contribution in [0.4, 0.5) is 5.69 Å². The van der Waals surface area contributed by atoms with E-state index in [1.165, 1.54) is 27.9 Å². The van der Waals surface area contributed by atoms with Crippen LogP contribution in [0.25, 0.3) is 11.1 Å². The van der Waals surface area contributed by atoms with Gasteiger partial charge >= 0.3 is 0 Å². The Balaban J connectivity index is 2.21. The zero-order valence-electron chi connectivity index (χ0n) is 10.8. The van der Waals surface area contributed by atoms with E-state index in [1.807, 2.05) is 6.07 Å². The minimum atomic E-state index is 0.945. The molecule has 18 heavy (non-hydrogen) atoms. The van der Waals surface area contributed by atoms with Gasteiger partial charge in [0.05, 0.1) is 7.11 Å². The molecule has 2 nitrogen and oxygen atoms in total. The second kappa shape index (κ2) is 4.37. The number of rotatable bonds is 2. The molecule has 0 saturated carbocycles. The van der Waals surface area contributed by atoms with Crippen LogP contribution < -0.4 is 10.1 Å². The molecule has 0 saturated heterocycles. The number of benzene rings is 2. The molecule has 2 heteroatoms. The van der Waals surface area contributed by atoms with Crippen molar-refractivity contribution < 1.29 is 4.74 Å². The van der Waals surface area contributed by atoms with E-state index in [2.05, 4.69) is 42.6 Å². The fourth-order valence-corrected chi connectivity index (χ4v) is 2.63. The monoisotopic (exact) mass is 239 g/mol. The number of hydrogen-bond donors (Lipinski definition) is 1. The molecule has 2 aromatic rings. The summed E-state index contributed by atoms with van der Waals surface area (Å²) in [6.45, 7) is 3.14. The third kappa shape index (κ3) is 1.74. The van der Waals surface area contributed by atoms with Crippen LogP contribution in [0.15, 0.2) is 36.4 Å². The van der Waals surface area contributed by atoms with Gasteiger partial charge in [-0.05, 0) is 42.7 Å². The number of aryl methyl sites for hydroxylation is 1. The summed E-state index contributed by atoms with van der Waals surface area (Å²) in [6, 6.07) is 12.8. The highest BCUT2D eigenvalue weighted by Gasteiger charge is 2.17. The Labute approximate surface area is 108 Å². The summed E-state index contributed by atoms with van der Waals surface area (Å²) < 4.78 is 5.49. The summed E-state index contributed by atoms with van der Waals surface area (Å²) in [5.41, 5.74) is 6.41. The Bertz CT molecular complexity index is 590. The van der Waals surface area contributed by atoms with E-state index in [0.29, 0.717) is 0 Å². The minimum Gasteiger partial charge on any atom is -0.496 e. The van der Waals surface area contributed by atoms with Gasteiger partial charge in [-0.1, -0.05) is 23.8 Å². The molecule has 1 aliphatic heterocycles. The average Bonchev–Trinajstić information content (AvgIpc) is 2.86.